The molecule has 1 saturated carbocycles. The summed E-state index contributed by atoms with van der Waals surface area (Å²) >= 11 is 0. The van der Waals surface area contributed by atoms with Crippen molar-refractivity contribution in [1.82, 2.24) is 10.2 Å². The molecule has 0 aromatic rings. The van der Waals surface area contributed by atoms with Gasteiger partial charge in [0.05, 0.1) is 5.75 Å². The lowest BCUT2D eigenvalue weighted by Crippen LogP contribution is -2.74. The van der Waals surface area contributed by atoms with E-state index in [0.717, 1.165) is 19.1 Å². The van der Waals surface area contributed by atoms with Gasteiger partial charge in [-0.05, 0) is 39.5 Å². The number of amides is 2. The molecular weight excluding hydrogens is 280 g/mol. The Kier molecular flexibility index (Phi) is 3.40. The average molecular weight is 302 g/mol. The van der Waals surface area contributed by atoms with Crippen LogP contribution < -0.4 is 5.32 Å². The van der Waals surface area contributed by atoms with Crippen molar-refractivity contribution >= 4 is 21.7 Å². The standard InChI is InChI=1S/C13H22N2O4S/c1-12(2)11(17)15(7-8-20(4,18)19)13(3,9-5-6-9)10(16)14-12/h9H,5-8H2,1-4H3,(H,14,16). The van der Waals surface area contributed by atoms with E-state index in [2.05, 4.69) is 5.32 Å². The highest BCUT2D eigenvalue weighted by molar-refractivity contribution is 7.90. The van der Waals surface area contributed by atoms with Crippen molar-refractivity contribution in [3.05, 3.63) is 0 Å². The van der Waals surface area contributed by atoms with Gasteiger partial charge in [-0.2, -0.15) is 0 Å². The number of nitrogens with zero attached hydrogens (tertiary/aromatic N) is 1. The molecule has 1 heterocycles. The molecule has 0 radical (unpaired) electrons. The highest BCUT2D eigenvalue weighted by Crippen LogP contribution is 2.45. The van der Waals surface area contributed by atoms with Gasteiger partial charge in [-0.3, -0.25) is 9.59 Å². The number of rotatable bonds is 4. The van der Waals surface area contributed by atoms with Gasteiger partial charge in [0.1, 0.15) is 20.9 Å². The quantitative estimate of drug-likeness (QED) is 0.788. The molecule has 2 aliphatic rings. The van der Waals surface area contributed by atoms with Crippen LogP contribution in [0.3, 0.4) is 0 Å². The fourth-order valence-corrected chi connectivity index (χ4v) is 3.29. The van der Waals surface area contributed by atoms with Gasteiger partial charge < -0.3 is 10.2 Å². The summed E-state index contributed by atoms with van der Waals surface area (Å²) in [7, 11) is -3.18. The van der Waals surface area contributed by atoms with Crippen LogP contribution in [0.4, 0.5) is 0 Å². The highest BCUT2D eigenvalue weighted by Gasteiger charge is 2.58. The summed E-state index contributed by atoms with van der Waals surface area (Å²) in [6, 6.07) is 0. The molecule has 1 atom stereocenters. The van der Waals surface area contributed by atoms with Crippen molar-refractivity contribution in [2.75, 3.05) is 18.6 Å². The summed E-state index contributed by atoms with van der Waals surface area (Å²) in [5.74, 6) is -0.389. The molecule has 2 rings (SSSR count). The van der Waals surface area contributed by atoms with Crippen LogP contribution in [0.15, 0.2) is 0 Å². The third kappa shape index (κ3) is 2.55. The Morgan fingerprint density at radius 3 is 2.25 bits per heavy atom. The zero-order valence-electron chi connectivity index (χ0n) is 12.4. The summed E-state index contributed by atoms with van der Waals surface area (Å²) in [5, 5.41) is 2.76. The second kappa shape index (κ2) is 4.44. The van der Waals surface area contributed by atoms with E-state index in [1.807, 2.05) is 0 Å². The molecule has 1 saturated heterocycles. The predicted octanol–water partition coefficient (Wildman–Crippen LogP) is -0.0633. The molecule has 2 amide bonds. The predicted molar refractivity (Wildman–Crippen MR) is 74.8 cm³/mol. The first-order chi connectivity index (χ1) is 8.98. The molecule has 0 bridgehead atoms. The van der Waals surface area contributed by atoms with E-state index in [-0.39, 0.29) is 30.0 Å². The molecule has 1 aliphatic heterocycles. The Bertz CT molecular complexity index is 551. The van der Waals surface area contributed by atoms with E-state index in [4.69, 9.17) is 0 Å². The van der Waals surface area contributed by atoms with Gasteiger partial charge >= 0.3 is 0 Å². The zero-order chi connectivity index (χ0) is 15.3. The second-order valence-electron chi connectivity index (χ2n) is 6.59. The Morgan fingerprint density at radius 2 is 1.80 bits per heavy atom. The van der Waals surface area contributed by atoms with Crippen LogP contribution in [0.1, 0.15) is 33.6 Å². The number of carbonyl (C=O) groups excluding carboxylic acids is 2. The summed E-state index contributed by atoms with van der Waals surface area (Å²) in [6.07, 6.45) is 2.93. The average Bonchev–Trinajstić information content (AvgIpc) is 3.08. The van der Waals surface area contributed by atoms with Crippen LogP contribution in [0.5, 0.6) is 0 Å². The van der Waals surface area contributed by atoms with Crippen molar-refractivity contribution in [3.8, 4) is 0 Å². The Labute approximate surface area is 119 Å². The van der Waals surface area contributed by atoms with Crippen LogP contribution in [0.25, 0.3) is 0 Å². The monoisotopic (exact) mass is 302 g/mol. The van der Waals surface area contributed by atoms with Crippen LogP contribution in [-0.4, -0.2) is 54.8 Å². The van der Waals surface area contributed by atoms with Crippen LogP contribution >= 0.6 is 0 Å². The largest absolute Gasteiger partial charge is 0.340 e. The molecule has 7 heteroatoms. The molecule has 1 aliphatic carbocycles. The first-order valence-electron chi connectivity index (χ1n) is 6.81. The van der Waals surface area contributed by atoms with Crippen molar-refractivity contribution in [3.63, 3.8) is 0 Å². The lowest BCUT2D eigenvalue weighted by Gasteiger charge is -2.49. The first kappa shape index (κ1) is 15.3. The number of hydrogen-bond donors (Lipinski definition) is 1. The zero-order valence-corrected chi connectivity index (χ0v) is 13.2. The van der Waals surface area contributed by atoms with Gasteiger partial charge in [0, 0.05) is 12.8 Å². The summed E-state index contributed by atoms with van der Waals surface area (Å²) in [4.78, 5) is 26.5. The SMILES string of the molecule is CC1(C)NC(=O)C(C)(C2CC2)N(CCS(C)(=O)=O)C1=O. The van der Waals surface area contributed by atoms with Crippen LogP contribution in [0.2, 0.25) is 0 Å². The second-order valence-corrected chi connectivity index (χ2v) is 8.85. The van der Waals surface area contributed by atoms with Crippen molar-refractivity contribution in [1.29, 1.82) is 0 Å². The molecule has 0 spiro atoms. The van der Waals surface area contributed by atoms with E-state index in [0.29, 0.717) is 0 Å². The first-order valence-corrected chi connectivity index (χ1v) is 8.87. The van der Waals surface area contributed by atoms with Gasteiger partial charge in [0.15, 0.2) is 0 Å². The van der Waals surface area contributed by atoms with Gasteiger partial charge in [-0.1, -0.05) is 0 Å². The Hall–Kier alpha value is -1.11. The normalized spacial score (nSPS) is 30.3. The number of piperazine rings is 1. The topological polar surface area (TPSA) is 83.6 Å². The molecule has 114 valence electrons. The van der Waals surface area contributed by atoms with Gasteiger partial charge in [0.2, 0.25) is 11.8 Å². The van der Waals surface area contributed by atoms with Gasteiger partial charge in [-0.15, -0.1) is 0 Å². The molecule has 1 N–H and O–H groups in total. The minimum Gasteiger partial charge on any atom is -0.340 e. The fraction of sp³-hybridized carbons (Fsp3) is 0.846. The molecule has 0 aromatic carbocycles. The van der Waals surface area contributed by atoms with E-state index in [1.165, 1.54) is 4.90 Å². The smallest absolute Gasteiger partial charge is 0.248 e. The summed E-state index contributed by atoms with van der Waals surface area (Å²) < 4.78 is 22.8. The summed E-state index contributed by atoms with van der Waals surface area (Å²) in [6.45, 7) is 5.11. The third-order valence-corrected chi connectivity index (χ3v) is 5.21. The number of sulfone groups is 1. The van der Waals surface area contributed by atoms with Crippen LogP contribution in [-0.2, 0) is 19.4 Å². The fourth-order valence-electron chi connectivity index (χ4n) is 2.78. The van der Waals surface area contributed by atoms with Gasteiger partial charge in [0.25, 0.3) is 0 Å². The number of nitrogens with one attached hydrogen (secondary N) is 1. The Morgan fingerprint density at radius 1 is 1.25 bits per heavy atom. The highest BCUT2D eigenvalue weighted by atomic mass is 32.2. The lowest BCUT2D eigenvalue weighted by atomic mass is 9.84. The van der Waals surface area contributed by atoms with Gasteiger partial charge in [-0.25, -0.2) is 8.42 Å². The minimum atomic E-state index is -3.18. The maximum absolute atomic E-state index is 12.6. The van der Waals surface area contributed by atoms with E-state index >= 15 is 0 Å². The lowest BCUT2D eigenvalue weighted by molar-refractivity contribution is -0.161. The van der Waals surface area contributed by atoms with E-state index < -0.39 is 20.9 Å². The van der Waals surface area contributed by atoms with E-state index in [1.54, 1.807) is 20.8 Å². The van der Waals surface area contributed by atoms with E-state index in [9.17, 15) is 18.0 Å². The minimum absolute atomic E-state index is 0.0709. The molecule has 0 aromatic heterocycles. The third-order valence-electron chi connectivity index (χ3n) is 4.28. The van der Waals surface area contributed by atoms with Crippen molar-refractivity contribution in [2.45, 2.75) is 44.7 Å². The van der Waals surface area contributed by atoms with Crippen molar-refractivity contribution in [2.24, 2.45) is 5.92 Å². The molecule has 20 heavy (non-hydrogen) atoms. The maximum Gasteiger partial charge on any atom is 0.248 e. The molecule has 6 nitrogen and oxygen atoms in total. The van der Waals surface area contributed by atoms with Crippen molar-refractivity contribution < 1.29 is 18.0 Å². The molecular formula is C13H22N2O4S. The number of carbonyl (C=O) groups is 2. The van der Waals surface area contributed by atoms with Crippen LogP contribution in [0, 0.1) is 5.92 Å². The maximum atomic E-state index is 12.6. The molecule has 2 fully saturated rings. The molecule has 1 unspecified atom stereocenters. The Balaban J connectivity index is 2.33. The summed E-state index contributed by atoms with van der Waals surface area (Å²) in [5.41, 5.74) is -1.90. The number of hydrogen-bond acceptors (Lipinski definition) is 4.